The first-order chi connectivity index (χ1) is 14.6. The van der Waals surface area contributed by atoms with Crippen molar-refractivity contribution in [3.8, 4) is 5.75 Å². The van der Waals surface area contributed by atoms with Crippen molar-refractivity contribution in [1.82, 2.24) is 15.1 Å². The van der Waals surface area contributed by atoms with E-state index in [1.165, 1.54) is 0 Å². The number of carbonyl (C=O) groups excluding carboxylic acids is 3. The van der Waals surface area contributed by atoms with Gasteiger partial charge in [0.1, 0.15) is 11.4 Å². The first kappa shape index (κ1) is 24.5. The fourth-order valence-electron chi connectivity index (χ4n) is 3.54. The minimum absolute atomic E-state index is 0.0755. The van der Waals surface area contributed by atoms with Gasteiger partial charge in [-0.15, -0.1) is 0 Å². The molecule has 1 aromatic carbocycles. The second-order valence-electron chi connectivity index (χ2n) is 8.82. The van der Waals surface area contributed by atoms with Gasteiger partial charge in [-0.2, -0.15) is 0 Å². The molecule has 172 valence electrons. The molecule has 8 nitrogen and oxygen atoms in total. The van der Waals surface area contributed by atoms with E-state index in [1.54, 1.807) is 41.1 Å². The maximum absolute atomic E-state index is 12.7. The molecule has 0 aromatic heterocycles. The number of piperidine rings is 1. The number of benzene rings is 1. The number of nitrogens with zero attached hydrogens (tertiary/aromatic N) is 2. The standard InChI is InChI=1S/C23H35N3O5/c1-6-30-19-12-8-7-11-18(19)21(28)24-14-20(27)26-13-9-10-17(16-26)15-25(5)22(29)31-23(2,3)4/h7-8,11-12,17H,6,9-10,13-16H2,1-5H3,(H,24,28). The maximum Gasteiger partial charge on any atom is 0.410 e. The topological polar surface area (TPSA) is 88.2 Å². The lowest BCUT2D eigenvalue weighted by molar-refractivity contribution is -0.132. The molecule has 1 unspecified atom stereocenters. The van der Waals surface area contributed by atoms with Crippen molar-refractivity contribution in [1.29, 1.82) is 0 Å². The Morgan fingerprint density at radius 1 is 1.23 bits per heavy atom. The molecule has 1 heterocycles. The van der Waals surface area contributed by atoms with Crippen LogP contribution < -0.4 is 10.1 Å². The van der Waals surface area contributed by atoms with Crippen LogP contribution in [0.3, 0.4) is 0 Å². The van der Waals surface area contributed by atoms with Crippen LogP contribution in [0.15, 0.2) is 24.3 Å². The lowest BCUT2D eigenvalue weighted by Crippen LogP contribution is -2.47. The average molecular weight is 434 g/mol. The summed E-state index contributed by atoms with van der Waals surface area (Å²) in [5, 5.41) is 2.70. The van der Waals surface area contributed by atoms with Gasteiger partial charge in [0.05, 0.1) is 18.7 Å². The van der Waals surface area contributed by atoms with Crippen molar-refractivity contribution in [3.63, 3.8) is 0 Å². The van der Waals surface area contributed by atoms with Crippen LogP contribution in [0.4, 0.5) is 4.79 Å². The molecule has 0 radical (unpaired) electrons. The Bertz CT molecular complexity index is 775. The monoisotopic (exact) mass is 433 g/mol. The van der Waals surface area contributed by atoms with Crippen LogP contribution in [-0.4, -0.2) is 73.1 Å². The molecule has 1 atom stereocenters. The molecule has 3 amide bonds. The number of likely N-dealkylation sites (tertiary alicyclic amines) is 1. The van der Waals surface area contributed by atoms with Crippen LogP contribution in [0.25, 0.3) is 0 Å². The summed E-state index contributed by atoms with van der Waals surface area (Å²) in [5.74, 6) is 0.199. The number of amides is 3. The molecule has 0 bridgehead atoms. The largest absolute Gasteiger partial charge is 0.493 e. The molecule has 8 heteroatoms. The Morgan fingerprint density at radius 2 is 1.94 bits per heavy atom. The van der Waals surface area contributed by atoms with Gasteiger partial charge in [0, 0.05) is 26.7 Å². The van der Waals surface area contributed by atoms with Crippen molar-refractivity contribution in [2.45, 2.75) is 46.1 Å². The van der Waals surface area contributed by atoms with Crippen LogP contribution in [0, 0.1) is 5.92 Å². The summed E-state index contributed by atoms with van der Waals surface area (Å²) in [6.45, 7) is 9.46. The Morgan fingerprint density at radius 3 is 2.61 bits per heavy atom. The van der Waals surface area contributed by atoms with Crippen molar-refractivity contribution in [2.24, 2.45) is 5.92 Å². The molecule has 1 aliphatic rings. The highest BCUT2D eigenvalue weighted by Gasteiger charge is 2.27. The highest BCUT2D eigenvalue weighted by Crippen LogP contribution is 2.20. The van der Waals surface area contributed by atoms with Gasteiger partial charge in [-0.25, -0.2) is 4.79 Å². The van der Waals surface area contributed by atoms with E-state index in [9.17, 15) is 14.4 Å². The highest BCUT2D eigenvalue weighted by molar-refractivity contribution is 5.98. The Kier molecular flexibility index (Phi) is 8.71. The zero-order chi connectivity index (χ0) is 23.0. The van der Waals surface area contributed by atoms with E-state index >= 15 is 0 Å². The predicted octanol–water partition coefficient (Wildman–Crippen LogP) is 2.92. The summed E-state index contributed by atoms with van der Waals surface area (Å²) < 4.78 is 10.9. The first-order valence-corrected chi connectivity index (χ1v) is 10.8. The van der Waals surface area contributed by atoms with Crippen LogP contribution in [0.5, 0.6) is 5.75 Å². The van der Waals surface area contributed by atoms with E-state index in [0.29, 0.717) is 37.6 Å². The van der Waals surface area contributed by atoms with Crippen molar-refractivity contribution in [3.05, 3.63) is 29.8 Å². The van der Waals surface area contributed by atoms with Gasteiger partial charge in [0.2, 0.25) is 5.91 Å². The minimum Gasteiger partial charge on any atom is -0.493 e. The van der Waals surface area contributed by atoms with Crippen molar-refractivity contribution < 1.29 is 23.9 Å². The molecule has 0 spiro atoms. The fraction of sp³-hybridized carbons (Fsp3) is 0.609. The van der Waals surface area contributed by atoms with E-state index < -0.39 is 5.60 Å². The van der Waals surface area contributed by atoms with Crippen LogP contribution in [0.2, 0.25) is 0 Å². The Labute approximate surface area is 184 Å². The quantitative estimate of drug-likeness (QED) is 0.714. The second-order valence-corrected chi connectivity index (χ2v) is 8.82. The van der Waals surface area contributed by atoms with Crippen molar-refractivity contribution in [2.75, 3.05) is 39.8 Å². The van der Waals surface area contributed by atoms with E-state index in [2.05, 4.69) is 5.32 Å². The molecule has 31 heavy (non-hydrogen) atoms. The van der Waals surface area contributed by atoms with E-state index in [0.717, 1.165) is 12.8 Å². The zero-order valence-electron chi connectivity index (χ0n) is 19.3. The van der Waals surface area contributed by atoms with Gasteiger partial charge < -0.3 is 24.6 Å². The summed E-state index contributed by atoms with van der Waals surface area (Å²) >= 11 is 0. The summed E-state index contributed by atoms with van der Waals surface area (Å²) in [6, 6.07) is 6.97. The third-order valence-electron chi connectivity index (χ3n) is 4.94. The van der Waals surface area contributed by atoms with Crippen LogP contribution in [-0.2, 0) is 9.53 Å². The number of para-hydroxylation sites is 1. The van der Waals surface area contributed by atoms with E-state index in [1.807, 2.05) is 27.7 Å². The van der Waals surface area contributed by atoms with Crippen LogP contribution >= 0.6 is 0 Å². The van der Waals surface area contributed by atoms with Gasteiger partial charge in [0.25, 0.3) is 5.91 Å². The first-order valence-electron chi connectivity index (χ1n) is 10.8. The molecule has 1 fully saturated rings. The number of ether oxygens (including phenoxy) is 2. The lowest BCUT2D eigenvalue weighted by atomic mass is 9.97. The average Bonchev–Trinajstić information content (AvgIpc) is 2.71. The van der Waals surface area contributed by atoms with Gasteiger partial charge in [0.15, 0.2) is 0 Å². The number of carbonyl (C=O) groups is 3. The molecular weight excluding hydrogens is 398 g/mol. The van der Waals surface area contributed by atoms with Crippen molar-refractivity contribution >= 4 is 17.9 Å². The molecule has 1 aliphatic heterocycles. The zero-order valence-corrected chi connectivity index (χ0v) is 19.3. The highest BCUT2D eigenvalue weighted by atomic mass is 16.6. The third-order valence-corrected chi connectivity index (χ3v) is 4.94. The van der Waals surface area contributed by atoms with Gasteiger partial charge in [-0.05, 0) is 58.6 Å². The van der Waals surface area contributed by atoms with Crippen LogP contribution in [0.1, 0.15) is 50.9 Å². The Hall–Kier alpha value is -2.77. The molecule has 0 saturated carbocycles. The normalized spacial score (nSPS) is 16.4. The maximum atomic E-state index is 12.7. The molecule has 1 saturated heterocycles. The number of hydrogen-bond donors (Lipinski definition) is 1. The van der Waals surface area contributed by atoms with E-state index in [4.69, 9.17) is 9.47 Å². The summed E-state index contributed by atoms with van der Waals surface area (Å²) in [7, 11) is 1.71. The predicted molar refractivity (Wildman–Crippen MR) is 118 cm³/mol. The SMILES string of the molecule is CCOc1ccccc1C(=O)NCC(=O)N1CCCC(CN(C)C(=O)OC(C)(C)C)C1. The summed E-state index contributed by atoms with van der Waals surface area (Å²) in [4.78, 5) is 40.7. The van der Waals surface area contributed by atoms with E-state index in [-0.39, 0.29) is 30.4 Å². The van der Waals surface area contributed by atoms with Gasteiger partial charge in [-0.1, -0.05) is 12.1 Å². The minimum atomic E-state index is -0.543. The molecular formula is C23H35N3O5. The number of hydrogen-bond acceptors (Lipinski definition) is 5. The molecule has 1 aromatic rings. The molecule has 1 N–H and O–H groups in total. The lowest BCUT2D eigenvalue weighted by Gasteiger charge is -2.35. The number of rotatable bonds is 7. The molecule has 2 rings (SSSR count). The fourth-order valence-corrected chi connectivity index (χ4v) is 3.54. The molecule has 0 aliphatic carbocycles. The van der Waals surface area contributed by atoms with Gasteiger partial charge in [-0.3, -0.25) is 9.59 Å². The Balaban J connectivity index is 1.86. The second kappa shape index (κ2) is 11.0. The smallest absolute Gasteiger partial charge is 0.410 e. The third kappa shape index (κ3) is 7.77. The van der Waals surface area contributed by atoms with Gasteiger partial charge >= 0.3 is 6.09 Å². The summed E-state index contributed by atoms with van der Waals surface area (Å²) in [5.41, 5.74) is -0.133. The number of nitrogens with one attached hydrogen (secondary N) is 1. The summed E-state index contributed by atoms with van der Waals surface area (Å²) in [6.07, 6.45) is 1.43.